The molecular formula is C21H31N3O3Si. The summed E-state index contributed by atoms with van der Waals surface area (Å²) in [6.07, 6.45) is 5.28. The Morgan fingerprint density at radius 2 is 2.04 bits per heavy atom. The fourth-order valence-corrected chi connectivity index (χ4v) is 4.08. The largest absolute Gasteiger partial charge is 0.445 e. The van der Waals surface area contributed by atoms with Crippen LogP contribution in [0.3, 0.4) is 0 Å². The summed E-state index contributed by atoms with van der Waals surface area (Å²) in [5.74, 6) is 0.877. The fourth-order valence-electron chi connectivity index (χ4n) is 3.32. The summed E-state index contributed by atoms with van der Waals surface area (Å²) < 4.78 is 13.4. The van der Waals surface area contributed by atoms with Crippen LogP contribution < -0.4 is 0 Å². The zero-order valence-corrected chi connectivity index (χ0v) is 18.1. The van der Waals surface area contributed by atoms with E-state index in [0.29, 0.717) is 13.3 Å². The van der Waals surface area contributed by atoms with Gasteiger partial charge in [-0.3, -0.25) is 4.90 Å². The third kappa shape index (κ3) is 5.69. The van der Waals surface area contributed by atoms with E-state index in [9.17, 15) is 4.79 Å². The molecule has 0 saturated carbocycles. The SMILES string of the molecule is C[Si](C)(C)CCOCn1ccnc1[C@@H]1CCCN1C(=O)OCc1ccccc1. The highest BCUT2D eigenvalue weighted by Gasteiger charge is 2.33. The molecule has 0 unspecified atom stereocenters. The van der Waals surface area contributed by atoms with Crippen molar-refractivity contribution in [3.8, 4) is 0 Å². The first-order valence-corrected chi connectivity index (χ1v) is 13.7. The molecule has 1 saturated heterocycles. The number of likely N-dealkylation sites (tertiary alicyclic amines) is 1. The number of amides is 1. The number of carbonyl (C=O) groups excluding carboxylic acids is 1. The molecule has 1 aliphatic heterocycles. The number of imidazole rings is 1. The summed E-state index contributed by atoms with van der Waals surface area (Å²) in [4.78, 5) is 19.0. The lowest BCUT2D eigenvalue weighted by Crippen LogP contribution is -2.32. The van der Waals surface area contributed by atoms with Crippen molar-refractivity contribution in [3.63, 3.8) is 0 Å². The van der Waals surface area contributed by atoms with Gasteiger partial charge >= 0.3 is 6.09 Å². The minimum absolute atomic E-state index is 0.0566. The number of aromatic nitrogens is 2. The number of hydrogen-bond donors (Lipinski definition) is 0. The smallest absolute Gasteiger partial charge is 0.410 e. The predicted molar refractivity (Wildman–Crippen MR) is 112 cm³/mol. The van der Waals surface area contributed by atoms with Gasteiger partial charge in [0.1, 0.15) is 19.2 Å². The fraction of sp³-hybridized carbons (Fsp3) is 0.524. The Morgan fingerprint density at radius 3 is 2.79 bits per heavy atom. The number of nitrogens with zero attached hydrogens (tertiary/aromatic N) is 3. The van der Waals surface area contributed by atoms with Crippen LogP contribution in [0.5, 0.6) is 0 Å². The Morgan fingerprint density at radius 1 is 1.25 bits per heavy atom. The lowest BCUT2D eigenvalue weighted by atomic mass is 10.2. The first-order valence-electron chi connectivity index (χ1n) is 10.0. The van der Waals surface area contributed by atoms with E-state index in [4.69, 9.17) is 9.47 Å². The van der Waals surface area contributed by atoms with Gasteiger partial charge in [0, 0.05) is 33.6 Å². The second-order valence-electron chi connectivity index (χ2n) is 8.49. The summed E-state index contributed by atoms with van der Waals surface area (Å²) in [5, 5.41) is 0. The van der Waals surface area contributed by atoms with Gasteiger partial charge in [0.25, 0.3) is 0 Å². The van der Waals surface area contributed by atoms with Crippen LogP contribution in [0.1, 0.15) is 30.3 Å². The van der Waals surface area contributed by atoms with E-state index in [2.05, 4.69) is 24.6 Å². The maximum Gasteiger partial charge on any atom is 0.410 e. The Labute approximate surface area is 168 Å². The van der Waals surface area contributed by atoms with Crippen LogP contribution in [-0.4, -0.2) is 41.8 Å². The first kappa shape index (κ1) is 20.6. The number of carbonyl (C=O) groups is 1. The van der Waals surface area contributed by atoms with Crippen LogP contribution in [0.2, 0.25) is 25.7 Å². The standard InChI is InChI=1S/C21H31N3O3Si/c1-28(2,3)15-14-26-17-23-13-11-22-20(23)19-10-7-12-24(19)21(25)27-16-18-8-5-4-6-9-18/h4-6,8-9,11,13,19H,7,10,12,14-17H2,1-3H3/t19-/m0/s1. The van der Waals surface area contributed by atoms with Crippen molar-refractivity contribution >= 4 is 14.2 Å². The third-order valence-electron chi connectivity index (χ3n) is 4.96. The summed E-state index contributed by atoms with van der Waals surface area (Å²) in [5.41, 5.74) is 0.990. The molecule has 1 aliphatic rings. The lowest BCUT2D eigenvalue weighted by molar-refractivity contribution is 0.0743. The molecule has 1 amide bonds. The third-order valence-corrected chi connectivity index (χ3v) is 6.67. The molecule has 1 aromatic heterocycles. The molecule has 0 N–H and O–H groups in total. The van der Waals surface area contributed by atoms with E-state index >= 15 is 0 Å². The Kier molecular flexibility index (Phi) is 6.91. The average Bonchev–Trinajstić information content (AvgIpc) is 3.32. The first-order chi connectivity index (χ1) is 13.4. The highest BCUT2D eigenvalue weighted by atomic mass is 28.3. The minimum Gasteiger partial charge on any atom is -0.445 e. The van der Waals surface area contributed by atoms with Crippen molar-refractivity contribution in [1.82, 2.24) is 14.5 Å². The van der Waals surface area contributed by atoms with Crippen LogP contribution in [0.4, 0.5) is 4.79 Å². The van der Waals surface area contributed by atoms with Crippen molar-refractivity contribution in [2.45, 2.75) is 57.9 Å². The van der Waals surface area contributed by atoms with Crippen LogP contribution in [0.25, 0.3) is 0 Å². The highest BCUT2D eigenvalue weighted by Crippen LogP contribution is 2.31. The molecule has 2 aromatic rings. The van der Waals surface area contributed by atoms with E-state index in [1.807, 2.05) is 41.1 Å². The average molecular weight is 402 g/mol. The lowest BCUT2D eigenvalue weighted by Gasteiger charge is -2.24. The molecule has 1 aromatic carbocycles. The predicted octanol–water partition coefficient (Wildman–Crippen LogP) is 4.67. The van der Waals surface area contributed by atoms with Gasteiger partial charge in [0.05, 0.1) is 6.04 Å². The molecular weight excluding hydrogens is 370 g/mol. The second-order valence-corrected chi connectivity index (χ2v) is 14.1. The van der Waals surface area contributed by atoms with Crippen LogP contribution >= 0.6 is 0 Å². The molecule has 1 atom stereocenters. The summed E-state index contributed by atoms with van der Waals surface area (Å²) in [6, 6.07) is 10.8. The van der Waals surface area contributed by atoms with Crippen LogP contribution in [0, 0.1) is 0 Å². The van der Waals surface area contributed by atoms with Gasteiger partial charge in [-0.25, -0.2) is 9.78 Å². The Balaban J connectivity index is 1.57. The number of ether oxygens (including phenoxy) is 2. The van der Waals surface area contributed by atoms with Gasteiger partial charge in [0.2, 0.25) is 0 Å². The molecule has 2 heterocycles. The van der Waals surface area contributed by atoms with Crippen molar-refractivity contribution in [3.05, 3.63) is 54.1 Å². The van der Waals surface area contributed by atoms with Gasteiger partial charge in [-0.15, -0.1) is 0 Å². The zero-order valence-electron chi connectivity index (χ0n) is 17.1. The zero-order chi connectivity index (χ0) is 20.0. The molecule has 1 fully saturated rings. The van der Waals surface area contributed by atoms with Gasteiger partial charge < -0.3 is 14.0 Å². The quantitative estimate of drug-likeness (QED) is 0.476. The van der Waals surface area contributed by atoms with Crippen molar-refractivity contribution in [2.75, 3.05) is 13.2 Å². The molecule has 152 valence electrons. The second kappa shape index (κ2) is 9.38. The molecule has 28 heavy (non-hydrogen) atoms. The van der Waals surface area contributed by atoms with Gasteiger partial charge in [-0.05, 0) is 24.4 Å². The highest BCUT2D eigenvalue weighted by molar-refractivity contribution is 6.76. The van der Waals surface area contributed by atoms with Gasteiger partial charge in [-0.1, -0.05) is 50.0 Å². The Bertz CT molecular complexity index is 758. The number of rotatable bonds is 8. The normalized spacial score (nSPS) is 17.1. The maximum absolute atomic E-state index is 12.6. The van der Waals surface area contributed by atoms with E-state index in [-0.39, 0.29) is 18.7 Å². The monoisotopic (exact) mass is 401 g/mol. The molecule has 0 spiro atoms. The molecule has 7 heteroatoms. The Hall–Kier alpha value is -2.12. The number of benzene rings is 1. The molecule has 0 radical (unpaired) electrons. The van der Waals surface area contributed by atoms with Crippen LogP contribution in [0.15, 0.2) is 42.7 Å². The van der Waals surface area contributed by atoms with E-state index in [1.54, 1.807) is 11.1 Å². The topological polar surface area (TPSA) is 56.6 Å². The molecule has 0 bridgehead atoms. The van der Waals surface area contributed by atoms with Crippen molar-refractivity contribution < 1.29 is 14.3 Å². The maximum atomic E-state index is 12.6. The van der Waals surface area contributed by atoms with E-state index in [0.717, 1.165) is 36.9 Å². The summed E-state index contributed by atoms with van der Waals surface area (Å²) in [6.45, 7) is 9.26. The van der Waals surface area contributed by atoms with E-state index in [1.165, 1.54) is 0 Å². The van der Waals surface area contributed by atoms with Gasteiger partial charge in [-0.2, -0.15) is 0 Å². The summed E-state index contributed by atoms with van der Waals surface area (Å²) >= 11 is 0. The molecule has 3 rings (SSSR count). The van der Waals surface area contributed by atoms with Gasteiger partial charge in [0.15, 0.2) is 0 Å². The van der Waals surface area contributed by atoms with Crippen molar-refractivity contribution in [2.24, 2.45) is 0 Å². The van der Waals surface area contributed by atoms with E-state index < -0.39 is 8.07 Å². The van der Waals surface area contributed by atoms with Crippen LogP contribution in [-0.2, 0) is 22.8 Å². The molecule has 6 nitrogen and oxygen atoms in total. The van der Waals surface area contributed by atoms with Crippen molar-refractivity contribution in [1.29, 1.82) is 0 Å². The number of hydrogen-bond acceptors (Lipinski definition) is 4. The molecule has 0 aliphatic carbocycles. The summed E-state index contributed by atoms with van der Waals surface area (Å²) in [7, 11) is -1.10. The minimum atomic E-state index is -1.10.